The number of allylic oxidation sites excluding steroid dienone is 2. The van der Waals surface area contributed by atoms with Crippen LogP contribution >= 0.6 is 0 Å². The van der Waals surface area contributed by atoms with Gasteiger partial charge in [0.05, 0.1) is 38.4 Å². The average Bonchev–Trinajstić information content (AvgIpc) is 3.64. The van der Waals surface area contributed by atoms with Gasteiger partial charge in [0.25, 0.3) is 0 Å². The number of nitrogens with zero attached hydrogens (tertiary/aromatic N) is 1. The number of amides is 1. The molecule has 1 heterocycles. The van der Waals surface area contributed by atoms with E-state index in [1.165, 1.54) is 75.3 Å². The van der Waals surface area contributed by atoms with E-state index in [-0.39, 0.29) is 18.4 Å². The predicted octanol–water partition coefficient (Wildman–Crippen LogP) is 11.0. The number of fused-ring (bicyclic) bond motifs is 7. The third-order valence-electron chi connectivity index (χ3n) is 16.3. The van der Waals surface area contributed by atoms with Crippen molar-refractivity contribution >= 4 is 23.9 Å². The third-order valence-corrected chi connectivity index (χ3v) is 16.3. The van der Waals surface area contributed by atoms with Gasteiger partial charge in [-0.25, -0.2) is 4.79 Å². The molecule has 9 nitrogen and oxygen atoms in total. The van der Waals surface area contributed by atoms with Crippen molar-refractivity contribution < 1.29 is 34.1 Å². The molecule has 340 valence electrons. The van der Waals surface area contributed by atoms with Gasteiger partial charge >= 0.3 is 11.9 Å². The Hall–Kier alpha value is -3.01. The molecule has 1 aromatic carbocycles. The smallest absolute Gasteiger partial charge is 0.335 e. The Labute approximate surface area is 364 Å². The van der Waals surface area contributed by atoms with E-state index in [2.05, 4.69) is 64.4 Å². The second-order valence-electron chi connectivity index (χ2n) is 19.3. The van der Waals surface area contributed by atoms with Gasteiger partial charge in [-0.2, -0.15) is 0 Å². The second kappa shape index (κ2) is 22.9. The summed E-state index contributed by atoms with van der Waals surface area (Å²) < 4.78 is 10.5. The quantitative estimate of drug-likeness (QED) is 0.114. The molecule has 4 saturated carbocycles. The Morgan fingerprint density at radius 2 is 1.53 bits per heavy atom. The summed E-state index contributed by atoms with van der Waals surface area (Å²) in [5, 5.41) is 19.6. The summed E-state index contributed by atoms with van der Waals surface area (Å²) in [7, 11) is 0. The molecule has 0 aromatic heterocycles. The van der Waals surface area contributed by atoms with Gasteiger partial charge in [0, 0.05) is 26.2 Å². The normalized spacial score (nSPS) is 33.4. The molecule has 60 heavy (non-hydrogen) atoms. The topological polar surface area (TPSA) is 125 Å². The molecular formula is C51H84N2O7. The van der Waals surface area contributed by atoms with Crippen LogP contribution in [0.4, 0.5) is 0 Å². The van der Waals surface area contributed by atoms with Gasteiger partial charge in [0.1, 0.15) is 0 Å². The molecule has 9 heteroatoms. The van der Waals surface area contributed by atoms with Gasteiger partial charge in [0.2, 0.25) is 6.41 Å². The minimum atomic E-state index is -0.903. The molecule has 8 atom stereocenters. The fourth-order valence-corrected chi connectivity index (χ4v) is 13.2. The molecule has 1 amide bonds. The van der Waals surface area contributed by atoms with E-state index in [4.69, 9.17) is 14.6 Å². The van der Waals surface area contributed by atoms with E-state index in [0.29, 0.717) is 46.2 Å². The van der Waals surface area contributed by atoms with Gasteiger partial charge in [-0.1, -0.05) is 99.9 Å². The first-order valence-electron chi connectivity index (χ1n) is 23.5. The number of aromatic carboxylic acids is 1. The zero-order valence-corrected chi connectivity index (χ0v) is 39.4. The number of carboxylic acid groups (broad SMARTS) is 2. The largest absolute Gasteiger partial charge is 0.481 e. The maximum Gasteiger partial charge on any atom is 0.335 e. The fraction of sp³-hybridized carbons (Fsp3) is 0.745. The third kappa shape index (κ3) is 11.1. The molecule has 0 radical (unpaired) electrons. The first-order chi connectivity index (χ1) is 28.6. The summed E-state index contributed by atoms with van der Waals surface area (Å²) in [5.74, 6) is 1.60. The number of carbonyl (C=O) groups excluding carboxylic acids is 1. The van der Waals surface area contributed by atoms with Crippen LogP contribution < -0.4 is 5.32 Å². The van der Waals surface area contributed by atoms with E-state index >= 15 is 0 Å². The molecule has 0 bridgehead atoms. The lowest BCUT2D eigenvalue weighted by Gasteiger charge is -2.72. The minimum absolute atomic E-state index is 0.0151. The lowest BCUT2D eigenvalue weighted by Crippen LogP contribution is -2.64. The van der Waals surface area contributed by atoms with Crippen molar-refractivity contribution in [3.8, 4) is 0 Å². The average molecular weight is 837 g/mol. The SMILES string of the molecule is C=CCOCCN1CCOCC1.CC.CC.CC1(C)C(c2ccc(C(=O)O)cc2)=CCC2(C)C1CCC1(C)C2CCC2[C@H]3CCCC3(C)CC[C@]21C.O=CNCCC(=O)O. The molecule has 3 N–H and O–H groups in total. The molecule has 0 spiro atoms. The van der Waals surface area contributed by atoms with E-state index < -0.39 is 11.9 Å². The van der Waals surface area contributed by atoms with Crippen LogP contribution in [0.5, 0.6) is 0 Å². The van der Waals surface area contributed by atoms with Gasteiger partial charge in [-0.15, -0.1) is 6.58 Å². The van der Waals surface area contributed by atoms with Crippen LogP contribution in [0.15, 0.2) is 43.0 Å². The molecule has 7 rings (SSSR count). The number of hydrogen-bond acceptors (Lipinski definition) is 6. The zero-order valence-electron chi connectivity index (χ0n) is 39.4. The highest BCUT2D eigenvalue weighted by Crippen LogP contribution is 2.77. The summed E-state index contributed by atoms with van der Waals surface area (Å²) in [6.45, 7) is 33.8. The maximum absolute atomic E-state index is 11.4. The van der Waals surface area contributed by atoms with Crippen molar-refractivity contribution in [3.63, 3.8) is 0 Å². The van der Waals surface area contributed by atoms with Crippen molar-refractivity contribution in [2.24, 2.45) is 50.7 Å². The summed E-state index contributed by atoms with van der Waals surface area (Å²) in [6.07, 6.45) is 18.8. The first-order valence-corrected chi connectivity index (χ1v) is 23.5. The number of carbonyl (C=O) groups is 3. The number of hydrogen-bond donors (Lipinski definition) is 3. The Morgan fingerprint density at radius 3 is 2.13 bits per heavy atom. The highest BCUT2D eigenvalue weighted by atomic mass is 16.5. The van der Waals surface area contributed by atoms with Crippen molar-refractivity contribution in [2.75, 3.05) is 52.6 Å². The van der Waals surface area contributed by atoms with E-state index in [0.717, 1.165) is 57.2 Å². The molecule has 6 unspecified atom stereocenters. The Kier molecular flexibility index (Phi) is 19.6. The zero-order chi connectivity index (χ0) is 44.8. The van der Waals surface area contributed by atoms with E-state index in [1.54, 1.807) is 18.2 Å². The minimum Gasteiger partial charge on any atom is -0.481 e. The number of carboxylic acids is 2. The van der Waals surface area contributed by atoms with E-state index in [9.17, 15) is 19.5 Å². The van der Waals surface area contributed by atoms with Gasteiger partial charge in [-0.05, 0) is 132 Å². The Bertz CT molecular complexity index is 1550. The number of morpholine rings is 1. The Morgan fingerprint density at radius 1 is 0.867 bits per heavy atom. The molecule has 5 fully saturated rings. The molecular weight excluding hydrogens is 753 g/mol. The van der Waals surface area contributed by atoms with Gasteiger partial charge < -0.3 is 25.0 Å². The van der Waals surface area contributed by atoms with Crippen LogP contribution in [0, 0.1) is 50.7 Å². The highest BCUT2D eigenvalue weighted by Gasteiger charge is 2.68. The summed E-state index contributed by atoms with van der Waals surface area (Å²) in [5.41, 5.74) is 5.00. The van der Waals surface area contributed by atoms with Crippen LogP contribution in [0.3, 0.4) is 0 Å². The van der Waals surface area contributed by atoms with Crippen LogP contribution in [0.2, 0.25) is 0 Å². The monoisotopic (exact) mass is 837 g/mol. The number of benzene rings is 1. The second-order valence-corrected chi connectivity index (χ2v) is 19.3. The van der Waals surface area contributed by atoms with Crippen molar-refractivity contribution in [3.05, 3.63) is 54.1 Å². The highest BCUT2D eigenvalue weighted by molar-refractivity contribution is 5.88. The number of rotatable bonds is 11. The van der Waals surface area contributed by atoms with E-state index in [1.807, 2.05) is 39.8 Å². The van der Waals surface area contributed by atoms with Crippen LogP contribution in [-0.4, -0.2) is 86.1 Å². The van der Waals surface area contributed by atoms with Crippen LogP contribution in [-0.2, 0) is 19.1 Å². The summed E-state index contributed by atoms with van der Waals surface area (Å²) in [6, 6.07) is 7.64. The fourth-order valence-electron chi connectivity index (χ4n) is 13.2. The van der Waals surface area contributed by atoms with Gasteiger partial charge in [0.15, 0.2) is 0 Å². The lowest BCUT2D eigenvalue weighted by molar-refractivity contribution is -0.221. The molecule has 1 aromatic rings. The summed E-state index contributed by atoms with van der Waals surface area (Å²) >= 11 is 0. The van der Waals surface area contributed by atoms with Crippen molar-refractivity contribution in [1.82, 2.24) is 10.2 Å². The number of aliphatic carboxylic acids is 1. The number of nitrogens with one attached hydrogen (secondary N) is 1. The maximum atomic E-state index is 11.4. The molecule has 1 aliphatic heterocycles. The van der Waals surface area contributed by atoms with Crippen LogP contribution in [0.1, 0.15) is 156 Å². The molecule has 5 aliphatic carbocycles. The predicted molar refractivity (Wildman–Crippen MR) is 245 cm³/mol. The molecule has 6 aliphatic rings. The van der Waals surface area contributed by atoms with Crippen molar-refractivity contribution in [1.29, 1.82) is 0 Å². The molecule has 1 saturated heterocycles. The lowest BCUT2D eigenvalue weighted by atomic mass is 9.33. The van der Waals surface area contributed by atoms with Crippen molar-refractivity contribution in [2.45, 2.75) is 140 Å². The van der Waals surface area contributed by atoms with Gasteiger partial charge in [-0.3, -0.25) is 14.5 Å². The van der Waals surface area contributed by atoms with Crippen LogP contribution in [0.25, 0.3) is 5.57 Å². The summed E-state index contributed by atoms with van der Waals surface area (Å²) in [4.78, 5) is 33.0. The first kappa shape index (κ1) is 51.3. The Balaban J connectivity index is 0.000000330. The standard InChI is InChI=1S/C34H48O2.C9H17NO2.C4H7NO3.2C2H6/c1-30(2)24(22-9-11-23(12-10-22)29(35)36)15-18-32(4)27(30)16-19-34(6)28(32)14-13-26-25-8-7-17-31(25,3)20-21-33(26,34)5;1-2-6-11-7-3-10-4-8-12-9-5-10;6-3-5-2-1-4(7)8;2*1-2/h9-12,15,25-28H,7-8,13-14,16-21H2,1-6H3,(H,35,36);2H,1,3-9H2;3H,1-2H2,(H,5,6)(H,7,8);2*1-2H3/t25-,26?,27?,28?,31?,32?,33-,34?;;;;/m1..../s1. The number of ether oxygens (including phenoxy) is 2.